The highest BCUT2D eigenvalue weighted by atomic mass is 32.2. The lowest BCUT2D eigenvalue weighted by Gasteiger charge is -2.32. The van der Waals surface area contributed by atoms with Crippen LogP contribution in [0.3, 0.4) is 0 Å². The largest absolute Gasteiger partial charge is 0.481 e. The third-order valence-corrected chi connectivity index (χ3v) is 5.56. The van der Waals surface area contributed by atoms with E-state index in [9.17, 15) is 14.7 Å². The lowest BCUT2D eigenvalue weighted by atomic mass is 10.0. The first-order valence-electron chi connectivity index (χ1n) is 8.56. The van der Waals surface area contributed by atoms with Crippen LogP contribution in [-0.2, 0) is 16.0 Å². The fraction of sp³-hybridized carbons (Fsp3) is 0.474. The molecule has 1 aliphatic heterocycles. The lowest BCUT2D eigenvalue weighted by Crippen LogP contribution is -2.42. The van der Waals surface area contributed by atoms with Gasteiger partial charge in [-0.15, -0.1) is 11.3 Å². The maximum atomic E-state index is 12.2. The zero-order chi connectivity index (χ0) is 18.8. The minimum atomic E-state index is -0.836. The van der Waals surface area contributed by atoms with Crippen LogP contribution in [0.5, 0.6) is 0 Å². The molecule has 7 heteroatoms. The number of hydrogen-bond donors (Lipinski definition) is 2. The van der Waals surface area contributed by atoms with Gasteiger partial charge >= 0.3 is 5.97 Å². The van der Waals surface area contributed by atoms with Gasteiger partial charge in [0.15, 0.2) is 0 Å². The van der Waals surface area contributed by atoms with E-state index in [1.165, 1.54) is 11.8 Å². The maximum Gasteiger partial charge on any atom is 0.304 e. The zero-order valence-corrected chi connectivity index (χ0v) is 16.1. The van der Waals surface area contributed by atoms with Crippen LogP contribution >= 0.6 is 23.1 Å². The second kappa shape index (κ2) is 11.1. The standard InChI is InChI=1S/C19H23NO4S2/c21-16(14-17-5-2-12-26-17)8-7-15-4-1-6-18(22)20(15)10-3-11-25-13-9-19(23)24/h2,5,7-8,12,15-16,21H,1,4,6,9-10,13-14H2,(H,23,24)/b8-7+/t15-,16?/m1/s1. The summed E-state index contributed by atoms with van der Waals surface area (Å²) in [6.45, 7) is 0.328. The lowest BCUT2D eigenvalue weighted by molar-refractivity contribution is -0.136. The molecular weight excluding hydrogens is 370 g/mol. The summed E-state index contributed by atoms with van der Waals surface area (Å²) >= 11 is 2.87. The number of piperidine rings is 1. The number of likely N-dealkylation sites (tertiary alicyclic amines) is 1. The first-order chi connectivity index (χ1) is 12.6. The summed E-state index contributed by atoms with van der Waals surface area (Å²) in [6, 6.07) is 3.91. The number of hydrogen-bond acceptors (Lipinski definition) is 5. The van der Waals surface area contributed by atoms with Gasteiger partial charge < -0.3 is 15.1 Å². The van der Waals surface area contributed by atoms with E-state index in [0.29, 0.717) is 25.1 Å². The first-order valence-corrected chi connectivity index (χ1v) is 10.4. The van der Waals surface area contributed by atoms with Gasteiger partial charge in [0.1, 0.15) is 0 Å². The molecular formula is C19H23NO4S2. The van der Waals surface area contributed by atoms with Gasteiger partial charge in [0.25, 0.3) is 0 Å². The van der Waals surface area contributed by atoms with Gasteiger partial charge in [0.2, 0.25) is 5.91 Å². The number of aliphatic hydroxyl groups is 1. The van der Waals surface area contributed by atoms with E-state index in [4.69, 9.17) is 5.11 Å². The van der Waals surface area contributed by atoms with E-state index in [-0.39, 0.29) is 18.4 Å². The van der Waals surface area contributed by atoms with E-state index in [0.717, 1.165) is 17.7 Å². The average molecular weight is 394 g/mol. The molecule has 2 heterocycles. The predicted octanol–water partition coefficient (Wildman–Crippen LogP) is 2.76. The molecule has 2 rings (SSSR count). The van der Waals surface area contributed by atoms with Gasteiger partial charge in [0.05, 0.1) is 25.1 Å². The molecule has 1 aromatic rings. The van der Waals surface area contributed by atoms with Crippen LogP contribution < -0.4 is 0 Å². The number of nitrogens with zero attached hydrogens (tertiary/aromatic N) is 1. The molecule has 0 aromatic carbocycles. The van der Waals surface area contributed by atoms with Gasteiger partial charge in [-0.25, -0.2) is 0 Å². The van der Waals surface area contributed by atoms with Crippen molar-refractivity contribution in [1.29, 1.82) is 0 Å². The summed E-state index contributed by atoms with van der Waals surface area (Å²) in [6.07, 6.45) is 6.00. The summed E-state index contributed by atoms with van der Waals surface area (Å²) in [7, 11) is 0. The number of carbonyl (C=O) groups is 2. The molecule has 0 aliphatic carbocycles. The summed E-state index contributed by atoms with van der Waals surface area (Å²) in [5.41, 5.74) is 0. The van der Waals surface area contributed by atoms with Gasteiger partial charge in [0, 0.05) is 23.5 Å². The minimum absolute atomic E-state index is 0.0486. The topological polar surface area (TPSA) is 77.8 Å². The van der Waals surface area contributed by atoms with E-state index in [1.807, 2.05) is 23.6 Å². The number of rotatable bonds is 8. The van der Waals surface area contributed by atoms with Crippen molar-refractivity contribution in [3.05, 3.63) is 34.5 Å². The Balaban J connectivity index is 1.86. The molecule has 26 heavy (non-hydrogen) atoms. The predicted molar refractivity (Wildman–Crippen MR) is 105 cm³/mol. The number of aliphatic hydroxyl groups excluding tert-OH is 1. The van der Waals surface area contributed by atoms with Crippen LogP contribution in [0.2, 0.25) is 0 Å². The molecule has 1 fully saturated rings. The molecule has 0 spiro atoms. The molecule has 0 radical (unpaired) electrons. The van der Waals surface area contributed by atoms with E-state index >= 15 is 0 Å². The Bertz CT molecular complexity index is 675. The van der Waals surface area contributed by atoms with Crippen LogP contribution in [0.4, 0.5) is 0 Å². The summed E-state index contributed by atoms with van der Waals surface area (Å²) in [5, 5.41) is 23.6. The van der Waals surface area contributed by atoms with Crippen LogP contribution in [0.25, 0.3) is 0 Å². The number of thioether (sulfide) groups is 1. The van der Waals surface area contributed by atoms with E-state index < -0.39 is 12.1 Å². The average Bonchev–Trinajstić information content (AvgIpc) is 3.10. The molecule has 1 saturated heterocycles. The van der Waals surface area contributed by atoms with Crippen LogP contribution in [-0.4, -0.2) is 51.4 Å². The highest BCUT2D eigenvalue weighted by Crippen LogP contribution is 2.20. The highest BCUT2D eigenvalue weighted by Gasteiger charge is 2.25. The summed E-state index contributed by atoms with van der Waals surface area (Å²) in [4.78, 5) is 25.5. The molecule has 1 unspecified atom stereocenters. The summed E-state index contributed by atoms with van der Waals surface area (Å²) < 4.78 is 0. The Morgan fingerprint density at radius 2 is 2.38 bits per heavy atom. The van der Waals surface area contributed by atoms with E-state index in [2.05, 4.69) is 11.2 Å². The number of thiophene rings is 1. The summed E-state index contributed by atoms with van der Waals surface area (Å²) in [5.74, 6) is 2.62. The molecule has 5 nitrogen and oxygen atoms in total. The van der Waals surface area contributed by atoms with Crippen molar-refractivity contribution < 1.29 is 19.8 Å². The van der Waals surface area contributed by atoms with Crippen LogP contribution in [0, 0.1) is 11.2 Å². The fourth-order valence-electron chi connectivity index (χ4n) is 2.67. The third-order valence-electron chi connectivity index (χ3n) is 3.97. The SMILES string of the molecule is O=C(O)CCSC#CCN1C(=O)CCC[C@@H]1/C=C/C(O)Cc1cccs1. The highest BCUT2D eigenvalue weighted by molar-refractivity contribution is 8.03. The Labute approximate surface area is 162 Å². The second-order valence-electron chi connectivity index (χ2n) is 5.99. The number of amides is 1. The fourth-order valence-corrected chi connectivity index (χ4v) is 3.97. The van der Waals surface area contributed by atoms with Gasteiger partial charge in [-0.2, -0.15) is 0 Å². The van der Waals surface area contributed by atoms with Crippen LogP contribution in [0.15, 0.2) is 29.7 Å². The monoisotopic (exact) mass is 393 g/mol. The van der Waals surface area contributed by atoms with Crippen molar-refractivity contribution in [2.24, 2.45) is 0 Å². The molecule has 2 N–H and O–H groups in total. The van der Waals surface area contributed by atoms with Crippen molar-refractivity contribution in [1.82, 2.24) is 4.90 Å². The third kappa shape index (κ3) is 7.24. The van der Waals surface area contributed by atoms with Crippen molar-refractivity contribution in [2.75, 3.05) is 12.3 Å². The molecule has 1 aliphatic rings. The second-order valence-corrected chi connectivity index (χ2v) is 7.92. The Hall–Kier alpha value is -1.75. The maximum absolute atomic E-state index is 12.2. The number of aliphatic carboxylic acids is 1. The molecule has 1 aromatic heterocycles. The van der Waals surface area contributed by atoms with Gasteiger partial charge in [-0.3, -0.25) is 9.59 Å². The minimum Gasteiger partial charge on any atom is -0.481 e. The molecule has 140 valence electrons. The molecule has 2 atom stereocenters. The van der Waals surface area contributed by atoms with Gasteiger partial charge in [-0.1, -0.05) is 35.9 Å². The van der Waals surface area contributed by atoms with Crippen LogP contribution in [0.1, 0.15) is 30.6 Å². The van der Waals surface area contributed by atoms with Gasteiger partial charge in [-0.05, 0) is 29.5 Å². The Kier molecular flexibility index (Phi) is 8.75. The zero-order valence-electron chi connectivity index (χ0n) is 14.5. The number of carboxylic acid groups (broad SMARTS) is 1. The molecule has 0 saturated carbocycles. The smallest absolute Gasteiger partial charge is 0.304 e. The van der Waals surface area contributed by atoms with Crippen molar-refractivity contribution in [2.45, 2.75) is 44.2 Å². The first kappa shape index (κ1) is 20.6. The van der Waals surface area contributed by atoms with E-state index in [1.54, 1.807) is 22.3 Å². The van der Waals surface area contributed by atoms with Crippen molar-refractivity contribution >= 4 is 35.0 Å². The molecule has 1 amide bonds. The quantitative estimate of drug-likeness (QED) is 0.403. The van der Waals surface area contributed by atoms with Crippen molar-refractivity contribution in [3.8, 4) is 11.2 Å². The number of carbonyl (C=O) groups excluding carboxylic acids is 1. The Morgan fingerprint density at radius 1 is 1.54 bits per heavy atom. The Morgan fingerprint density at radius 3 is 3.12 bits per heavy atom. The molecule has 0 bridgehead atoms. The van der Waals surface area contributed by atoms with Crippen molar-refractivity contribution in [3.63, 3.8) is 0 Å². The number of carboxylic acids is 1. The normalized spacial score (nSPS) is 18.6.